The number of nitrogens with zero attached hydrogens (tertiary/aromatic N) is 1. The van der Waals surface area contributed by atoms with Crippen LogP contribution in [0.5, 0.6) is 0 Å². The van der Waals surface area contributed by atoms with Crippen molar-refractivity contribution in [3.63, 3.8) is 0 Å². The number of nitrogens with two attached hydrogens (primary N) is 1. The fourth-order valence-corrected chi connectivity index (χ4v) is 3.06. The molecule has 1 atom stereocenters. The van der Waals surface area contributed by atoms with Crippen molar-refractivity contribution >= 4 is 33.8 Å². The fourth-order valence-electron chi connectivity index (χ4n) is 1.71. The molecule has 2 rings (SSSR count). The number of nitro groups is 1. The molecule has 2 aromatic rings. The first-order valence-electron chi connectivity index (χ1n) is 5.74. The molecule has 2 N–H and O–H groups in total. The van der Waals surface area contributed by atoms with Crippen LogP contribution in [0.3, 0.4) is 0 Å². The number of nitrogen functional groups attached to an aromatic ring is 1. The summed E-state index contributed by atoms with van der Waals surface area (Å²) in [5, 5.41) is 10.9. The van der Waals surface area contributed by atoms with Gasteiger partial charge in [0, 0.05) is 11.0 Å². The van der Waals surface area contributed by atoms with Gasteiger partial charge in [-0.2, -0.15) is 0 Å². The van der Waals surface area contributed by atoms with E-state index in [1.807, 2.05) is 0 Å². The van der Waals surface area contributed by atoms with Crippen molar-refractivity contribution in [3.8, 4) is 0 Å². The number of non-ortho nitro benzene ring substituents is 1. The molecule has 0 aliphatic rings. The van der Waals surface area contributed by atoms with Crippen LogP contribution in [0.2, 0.25) is 5.02 Å². The number of hydrogen-bond donors (Lipinski definition) is 1. The molecule has 0 amide bonds. The van der Waals surface area contributed by atoms with Crippen molar-refractivity contribution in [2.75, 3.05) is 5.73 Å². The van der Waals surface area contributed by atoms with Gasteiger partial charge in [-0.15, -0.1) is 0 Å². The van der Waals surface area contributed by atoms with Gasteiger partial charge >= 0.3 is 0 Å². The molecule has 0 aromatic heterocycles. The Morgan fingerprint density at radius 1 is 1.29 bits per heavy atom. The highest BCUT2D eigenvalue weighted by atomic mass is 35.5. The van der Waals surface area contributed by atoms with Gasteiger partial charge in [0.1, 0.15) is 5.82 Å². The monoisotopic (exact) mass is 328 g/mol. The van der Waals surface area contributed by atoms with E-state index in [-0.39, 0.29) is 22.0 Å². The molecule has 0 spiro atoms. The second-order valence-corrected chi connectivity index (χ2v) is 6.11. The molecular formula is C13H10ClFN2O3S. The predicted octanol–water partition coefficient (Wildman–Crippen LogP) is 3.28. The lowest BCUT2D eigenvalue weighted by atomic mass is 10.2. The van der Waals surface area contributed by atoms with E-state index in [0.717, 1.165) is 12.1 Å². The van der Waals surface area contributed by atoms with Gasteiger partial charge in [0.25, 0.3) is 5.69 Å². The van der Waals surface area contributed by atoms with Gasteiger partial charge < -0.3 is 5.73 Å². The molecular weight excluding hydrogens is 319 g/mol. The molecule has 0 saturated heterocycles. The minimum absolute atomic E-state index is 0.0567. The molecule has 2 aromatic carbocycles. The van der Waals surface area contributed by atoms with E-state index in [1.165, 1.54) is 18.2 Å². The van der Waals surface area contributed by atoms with Crippen LogP contribution >= 0.6 is 11.6 Å². The van der Waals surface area contributed by atoms with Crippen molar-refractivity contribution in [1.29, 1.82) is 0 Å². The summed E-state index contributed by atoms with van der Waals surface area (Å²) in [6, 6.07) is 7.64. The molecule has 0 aliphatic heterocycles. The third-order valence-corrected chi connectivity index (χ3v) is 4.39. The van der Waals surface area contributed by atoms with Crippen LogP contribution < -0.4 is 5.73 Å². The molecule has 0 bridgehead atoms. The topological polar surface area (TPSA) is 86.2 Å². The fraction of sp³-hybridized carbons (Fsp3) is 0.0769. The van der Waals surface area contributed by atoms with E-state index in [9.17, 15) is 18.7 Å². The summed E-state index contributed by atoms with van der Waals surface area (Å²) in [6.45, 7) is 0. The lowest BCUT2D eigenvalue weighted by Gasteiger charge is -2.05. The quantitative estimate of drug-likeness (QED) is 0.530. The van der Waals surface area contributed by atoms with Gasteiger partial charge in [0.2, 0.25) is 0 Å². The van der Waals surface area contributed by atoms with E-state index >= 15 is 0 Å². The summed E-state index contributed by atoms with van der Waals surface area (Å²) in [7, 11) is -1.51. The molecule has 8 heteroatoms. The lowest BCUT2D eigenvalue weighted by molar-refractivity contribution is -0.385. The second kappa shape index (κ2) is 6.19. The Morgan fingerprint density at radius 2 is 2.00 bits per heavy atom. The Bertz CT molecular complexity index is 739. The average molecular weight is 329 g/mol. The standard InChI is InChI=1S/C13H10ClFN2O3S/c14-12-6-11(1-2-13(12)16)21(20)7-8-3-9(15)5-10(4-8)17(18)19/h1-6H,7,16H2. The molecule has 1 unspecified atom stereocenters. The Balaban J connectivity index is 2.27. The van der Waals surface area contributed by atoms with Crippen LogP contribution in [0, 0.1) is 15.9 Å². The minimum atomic E-state index is -1.51. The summed E-state index contributed by atoms with van der Waals surface area (Å²) >= 11 is 5.84. The maximum atomic E-state index is 13.3. The van der Waals surface area contributed by atoms with Gasteiger partial charge in [-0.25, -0.2) is 4.39 Å². The zero-order valence-electron chi connectivity index (χ0n) is 10.6. The van der Waals surface area contributed by atoms with E-state index in [1.54, 1.807) is 6.07 Å². The minimum Gasteiger partial charge on any atom is -0.398 e. The summed E-state index contributed by atoms with van der Waals surface area (Å²) in [4.78, 5) is 10.4. The van der Waals surface area contributed by atoms with Crippen LogP contribution in [0.25, 0.3) is 0 Å². The number of anilines is 1. The third-order valence-electron chi connectivity index (χ3n) is 2.69. The summed E-state index contributed by atoms with van der Waals surface area (Å²) < 4.78 is 25.5. The molecule has 110 valence electrons. The van der Waals surface area contributed by atoms with Crippen LogP contribution in [0.1, 0.15) is 5.56 Å². The molecule has 0 aliphatic carbocycles. The third kappa shape index (κ3) is 3.77. The first-order valence-corrected chi connectivity index (χ1v) is 7.44. The summed E-state index contributed by atoms with van der Waals surface area (Å²) in [5.41, 5.74) is 5.81. The Kier molecular flexibility index (Phi) is 4.54. The largest absolute Gasteiger partial charge is 0.398 e. The normalized spacial score (nSPS) is 12.1. The Labute approximate surface area is 127 Å². The highest BCUT2D eigenvalue weighted by molar-refractivity contribution is 7.84. The van der Waals surface area contributed by atoms with Crippen LogP contribution in [-0.4, -0.2) is 9.13 Å². The van der Waals surface area contributed by atoms with Crippen molar-refractivity contribution in [2.24, 2.45) is 0 Å². The zero-order chi connectivity index (χ0) is 15.6. The Morgan fingerprint density at radius 3 is 2.62 bits per heavy atom. The maximum absolute atomic E-state index is 13.3. The van der Waals surface area contributed by atoms with Crippen LogP contribution in [0.15, 0.2) is 41.3 Å². The first kappa shape index (κ1) is 15.4. The van der Waals surface area contributed by atoms with Gasteiger partial charge in [-0.05, 0) is 29.8 Å². The number of benzene rings is 2. The van der Waals surface area contributed by atoms with Crippen molar-refractivity contribution in [2.45, 2.75) is 10.6 Å². The van der Waals surface area contributed by atoms with Gasteiger partial charge in [-0.1, -0.05) is 11.6 Å². The molecule has 0 fully saturated rings. The van der Waals surface area contributed by atoms with E-state index in [0.29, 0.717) is 10.6 Å². The maximum Gasteiger partial charge on any atom is 0.272 e. The number of rotatable bonds is 4. The molecule has 0 heterocycles. The molecule has 0 radical (unpaired) electrons. The van der Waals surface area contributed by atoms with E-state index < -0.39 is 21.5 Å². The smallest absolute Gasteiger partial charge is 0.272 e. The Hall–Kier alpha value is -1.99. The van der Waals surface area contributed by atoms with E-state index in [4.69, 9.17) is 17.3 Å². The van der Waals surface area contributed by atoms with Crippen molar-refractivity contribution in [3.05, 3.63) is 62.9 Å². The molecule has 0 saturated carbocycles. The van der Waals surface area contributed by atoms with Crippen molar-refractivity contribution in [1.82, 2.24) is 0 Å². The van der Waals surface area contributed by atoms with E-state index in [2.05, 4.69) is 0 Å². The number of hydrogen-bond acceptors (Lipinski definition) is 4. The predicted molar refractivity (Wildman–Crippen MR) is 79.0 cm³/mol. The van der Waals surface area contributed by atoms with Gasteiger partial charge in [0.05, 0.1) is 38.3 Å². The van der Waals surface area contributed by atoms with Gasteiger partial charge in [-0.3, -0.25) is 14.3 Å². The average Bonchev–Trinajstić information content (AvgIpc) is 2.41. The number of halogens is 2. The first-order chi connectivity index (χ1) is 9.86. The highest BCUT2D eigenvalue weighted by Crippen LogP contribution is 2.24. The van der Waals surface area contributed by atoms with Gasteiger partial charge in [0.15, 0.2) is 0 Å². The summed E-state index contributed by atoms with van der Waals surface area (Å²) in [6.07, 6.45) is 0. The molecule has 5 nitrogen and oxygen atoms in total. The second-order valence-electron chi connectivity index (χ2n) is 4.25. The zero-order valence-corrected chi connectivity index (χ0v) is 12.2. The SMILES string of the molecule is Nc1ccc(S(=O)Cc2cc(F)cc([N+](=O)[O-])c2)cc1Cl. The highest BCUT2D eigenvalue weighted by Gasteiger charge is 2.13. The summed E-state index contributed by atoms with van der Waals surface area (Å²) in [5.74, 6) is -0.801. The lowest BCUT2D eigenvalue weighted by Crippen LogP contribution is -1.99. The number of nitro benzene ring substituents is 1. The molecule has 21 heavy (non-hydrogen) atoms. The van der Waals surface area contributed by atoms with Crippen LogP contribution in [-0.2, 0) is 16.6 Å². The van der Waals surface area contributed by atoms with Crippen LogP contribution in [0.4, 0.5) is 15.8 Å². The van der Waals surface area contributed by atoms with Crippen molar-refractivity contribution < 1.29 is 13.5 Å².